The van der Waals surface area contributed by atoms with Crippen LogP contribution in [-0.2, 0) is 12.8 Å². The number of furan rings is 1. The van der Waals surface area contributed by atoms with Gasteiger partial charge in [-0.3, -0.25) is 4.98 Å². The maximum Gasteiger partial charge on any atom is 0.103 e. The average molecular weight is 244 g/mol. The van der Waals surface area contributed by atoms with Crippen molar-refractivity contribution in [2.45, 2.75) is 32.2 Å². The summed E-state index contributed by atoms with van der Waals surface area (Å²) in [5.74, 6) is 1.06. The molecule has 2 heterocycles. The first kappa shape index (κ1) is 12.8. The van der Waals surface area contributed by atoms with Gasteiger partial charge < -0.3 is 9.73 Å². The Kier molecular flexibility index (Phi) is 4.97. The Morgan fingerprint density at radius 3 is 2.94 bits per heavy atom. The van der Waals surface area contributed by atoms with Gasteiger partial charge in [0.05, 0.1) is 6.26 Å². The van der Waals surface area contributed by atoms with E-state index in [1.54, 1.807) is 6.26 Å². The second kappa shape index (κ2) is 6.97. The molecule has 0 saturated heterocycles. The molecular weight excluding hydrogens is 224 g/mol. The Hall–Kier alpha value is -1.61. The van der Waals surface area contributed by atoms with Gasteiger partial charge in [-0.25, -0.2) is 0 Å². The normalized spacial score (nSPS) is 12.5. The lowest BCUT2D eigenvalue weighted by Crippen LogP contribution is -2.31. The fourth-order valence-corrected chi connectivity index (χ4v) is 2.14. The Labute approximate surface area is 108 Å². The van der Waals surface area contributed by atoms with Gasteiger partial charge in [-0.05, 0) is 43.1 Å². The van der Waals surface area contributed by atoms with E-state index in [4.69, 9.17) is 4.42 Å². The van der Waals surface area contributed by atoms with Gasteiger partial charge in [0.1, 0.15) is 5.76 Å². The molecule has 0 aliphatic heterocycles. The van der Waals surface area contributed by atoms with Crippen LogP contribution in [0, 0.1) is 0 Å². The van der Waals surface area contributed by atoms with Crippen LogP contribution in [0.3, 0.4) is 0 Å². The van der Waals surface area contributed by atoms with E-state index in [2.05, 4.69) is 23.3 Å². The number of rotatable bonds is 7. The van der Waals surface area contributed by atoms with Crippen molar-refractivity contribution in [2.75, 3.05) is 6.54 Å². The molecular formula is C15H20N2O. The summed E-state index contributed by atoms with van der Waals surface area (Å²) in [6.45, 7) is 3.13. The fraction of sp³-hybridized carbons (Fsp3) is 0.400. The summed E-state index contributed by atoms with van der Waals surface area (Å²) in [4.78, 5) is 4.16. The van der Waals surface area contributed by atoms with Crippen LogP contribution in [0.5, 0.6) is 0 Å². The molecule has 0 aromatic carbocycles. The van der Waals surface area contributed by atoms with Crippen molar-refractivity contribution in [3.8, 4) is 0 Å². The summed E-state index contributed by atoms with van der Waals surface area (Å²) >= 11 is 0. The highest BCUT2D eigenvalue weighted by Crippen LogP contribution is 2.10. The van der Waals surface area contributed by atoms with E-state index in [9.17, 15) is 0 Å². The Morgan fingerprint density at radius 1 is 1.33 bits per heavy atom. The van der Waals surface area contributed by atoms with Crippen LogP contribution in [0.2, 0.25) is 0 Å². The van der Waals surface area contributed by atoms with Crippen molar-refractivity contribution in [3.63, 3.8) is 0 Å². The van der Waals surface area contributed by atoms with E-state index in [1.165, 1.54) is 5.56 Å². The predicted octanol–water partition coefficient (Wildman–Crippen LogP) is 2.83. The summed E-state index contributed by atoms with van der Waals surface area (Å²) in [5, 5.41) is 3.52. The molecule has 0 bridgehead atoms. The number of pyridine rings is 1. The molecule has 0 spiro atoms. The molecule has 1 unspecified atom stereocenters. The highest BCUT2D eigenvalue weighted by atomic mass is 16.3. The SMILES string of the molecule is CCNC(CCc1ccco1)Cc1cccnc1. The first-order chi connectivity index (χ1) is 8.88. The van der Waals surface area contributed by atoms with E-state index < -0.39 is 0 Å². The van der Waals surface area contributed by atoms with Gasteiger partial charge in [0.2, 0.25) is 0 Å². The van der Waals surface area contributed by atoms with Gasteiger partial charge in [0.15, 0.2) is 0 Å². The average Bonchev–Trinajstić information content (AvgIpc) is 2.91. The van der Waals surface area contributed by atoms with Crippen molar-refractivity contribution in [3.05, 3.63) is 54.2 Å². The van der Waals surface area contributed by atoms with Gasteiger partial charge in [0.25, 0.3) is 0 Å². The molecule has 0 amide bonds. The summed E-state index contributed by atoms with van der Waals surface area (Å²) in [7, 11) is 0. The number of nitrogens with zero attached hydrogens (tertiary/aromatic N) is 1. The Balaban J connectivity index is 1.87. The monoisotopic (exact) mass is 244 g/mol. The molecule has 0 aliphatic rings. The van der Waals surface area contributed by atoms with Crippen LogP contribution in [0.15, 0.2) is 47.3 Å². The summed E-state index contributed by atoms with van der Waals surface area (Å²) < 4.78 is 5.37. The lowest BCUT2D eigenvalue weighted by atomic mass is 10.0. The van der Waals surface area contributed by atoms with E-state index in [0.29, 0.717) is 6.04 Å². The molecule has 3 heteroatoms. The van der Waals surface area contributed by atoms with Gasteiger partial charge in [-0.15, -0.1) is 0 Å². The standard InChI is InChI=1S/C15H20N2O/c1-2-17-14(7-8-15-6-4-10-18-15)11-13-5-3-9-16-12-13/h3-6,9-10,12,14,17H,2,7-8,11H2,1H3. The number of aryl methyl sites for hydroxylation is 1. The zero-order valence-corrected chi connectivity index (χ0v) is 10.8. The third kappa shape index (κ3) is 4.00. The molecule has 18 heavy (non-hydrogen) atoms. The molecule has 2 rings (SSSR count). The van der Waals surface area contributed by atoms with Crippen LogP contribution in [0.1, 0.15) is 24.7 Å². The summed E-state index contributed by atoms with van der Waals surface area (Å²) in [6, 6.07) is 8.57. The second-order valence-corrected chi connectivity index (χ2v) is 4.44. The topological polar surface area (TPSA) is 38.1 Å². The van der Waals surface area contributed by atoms with Crippen molar-refractivity contribution in [1.82, 2.24) is 10.3 Å². The minimum absolute atomic E-state index is 0.476. The van der Waals surface area contributed by atoms with Crippen molar-refractivity contribution >= 4 is 0 Å². The first-order valence-corrected chi connectivity index (χ1v) is 6.53. The van der Waals surface area contributed by atoms with Crippen LogP contribution < -0.4 is 5.32 Å². The molecule has 0 fully saturated rings. The highest BCUT2D eigenvalue weighted by Gasteiger charge is 2.09. The summed E-state index contributed by atoms with van der Waals surface area (Å²) in [6.07, 6.45) is 8.56. The molecule has 0 radical (unpaired) electrons. The Morgan fingerprint density at radius 2 is 2.28 bits per heavy atom. The lowest BCUT2D eigenvalue weighted by molar-refractivity contribution is 0.447. The van der Waals surface area contributed by atoms with Gasteiger partial charge in [0, 0.05) is 24.9 Å². The van der Waals surface area contributed by atoms with E-state index in [1.807, 2.05) is 30.6 Å². The molecule has 0 aliphatic carbocycles. The number of likely N-dealkylation sites (N-methyl/N-ethyl adjacent to an activating group) is 1. The maximum atomic E-state index is 5.37. The van der Waals surface area contributed by atoms with Crippen LogP contribution >= 0.6 is 0 Å². The second-order valence-electron chi connectivity index (χ2n) is 4.44. The third-order valence-electron chi connectivity index (χ3n) is 3.02. The zero-order valence-electron chi connectivity index (χ0n) is 10.8. The number of nitrogens with one attached hydrogen (secondary N) is 1. The first-order valence-electron chi connectivity index (χ1n) is 6.53. The molecule has 2 aromatic heterocycles. The third-order valence-corrected chi connectivity index (χ3v) is 3.02. The zero-order chi connectivity index (χ0) is 12.6. The Bertz CT molecular complexity index is 425. The van der Waals surface area contributed by atoms with Gasteiger partial charge in [-0.1, -0.05) is 13.0 Å². The summed E-state index contributed by atoms with van der Waals surface area (Å²) in [5.41, 5.74) is 1.28. The maximum absolute atomic E-state index is 5.37. The van der Waals surface area contributed by atoms with Crippen LogP contribution in [-0.4, -0.2) is 17.6 Å². The molecule has 96 valence electrons. The van der Waals surface area contributed by atoms with Crippen LogP contribution in [0.4, 0.5) is 0 Å². The predicted molar refractivity (Wildman–Crippen MR) is 72.4 cm³/mol. The lowest BCUT2D eigenvalue weighted by Gasteiger charge is -2.17. The molecule has 2 aromatic rings. The van der Waals surface area contributed by atoms with Gasteiger partial charge in [-0.2, -0.15) is 0 Å². The van der Waals surface area contributed by atoms with Crippen molar-refractivity contribution < 1.29 is 4.42 Å². The minimum atomic E-state index is 0.476. The number of hydrogen-bond donors (Lipinski definition) is 1. The van der Waals surface area contributed by atoms with E-state index >= 15 is 0 Å². The fourth-order valence-electron chi connectivity index (χ4n) is 2.14. The smallest absolute Gasteiger partial charge is 0.103 e. The van der Waals surface area contributed by atoms with Gasteiger partial charge >= 0.3 is 0 Å². The quantitative estimate of drug-likeness (QED) is 0.814. The molecule has 1 atom stereocenters. The molecule has 0 saturated carbocycles. The van der Waals surface area contributed by atoms with Crippen LogP contribution in [0.25, 0.3) is 0 Å². The number of hydrogen-bond acceptors (Lipinski definition) is 3. The van der Waals surface area contributed by atoms with Crippen molar-refractivity contribution in [1.29, 1.82) is 0 Å². The van der Waals surface area contributed by atoms with E-state index in [-0.39, 0.29) is 0 Å². The largest absolute Gasteiger partial charge is 0.469 e. The molecule has 1 N–H and O–H groups in total. The van der Waals surface area contributed by atoms with Crippen molar-refractivity contribution in [2.24, 2.45) is 0 Å². The molecule has 3 nitrogen and oxygen atoms in total. The highest BCUT2D eigenvalue weighted by molar-refractivity contribution is 5.10. The minimum Gasteiger partial charge on any atom is -0.469 e. The van der Waals surface area contributed by atoms with E-state index in [0.717, 1.165) is 31.6 Å². The number of aromatic nitrogens is 1.